The van der Waals surface area contributed by atoms with Crippen molar-refractivity contribution in [1.29, 1.82) is 0 Å². The molecule has 0 saturated carbocycles. The Morgan fingerprint density at radius 3 is 1.68 bits per heavy atom. The van der Waals surface area contributed by atoms with Gasteiger partial charge in [-0.3, -0.25) is 4.57 Å². The number of rotatable bonds is 5. The molecular formula is C52H64N4O. The molecule has 1 aliphatic rings. The smallest absolute Gasteiger partial charge is 0.137 e. The van der Waals surface area contributed by atoms with E-state index in [9.17, 15) is 0 Å². The van der Waals surface area contributed by atoms with Crippen LogP contribution in [0.4, 0.5) is 11.4 Å². The molecule has 7 rings (SSSR count). The lowest BCUT2D eigenvalue weighted by atomic mass is 9.80. The molecule has 0 radical (unpaired) electrons. The number of fused-ring (bicyclic) bond motifs is 3. The first-order valence-corrected chi connectivity index (χ1v) is 20.6. The van der Waals surface area contributed by atoms with Crippen LogP contribution >= 0.6 is 0 Å². The lowest BCUT2D eigenvalue weighted by Crippen LogP contribution is -2.31. The molecule has 298 valence electrons. The van der Waals surface area contributed by atoms with Crippen molar-refractivity contribution in [3.8, 4) is 17.3 Å². The minimum Gasteiger partial charge on any atom is -0.457 e. The first-order valence-electron chi connectivity index (χ1n) is 20.6. The summed E-state index contributed by atoms with van der Waals surface area (Å²) < 4.78 is 9.21. The largest absolute Gasteiger partial charge is 0.457 e. The number of para-hydroxylation sites is 1. The van der Waals surface area contributed by atoms with Crippen LogP contribution in [0.1, 0.15) is 126 Å². The Morgan fingerprint density at radius 1 is 0.491 bits per heavy atom. The molecule has 5 nitrogen and oxygen atoms in total. The van der Waals surface area contributed by atoms with Gasteiger partial charge in [0.15, 0.2) is 0 Å². The zero-order valence-corrected chi connectivity index (χ0v) is 37.2. The topological polar surface area (TPSA) is 33.5 Å². The lowest BCUT2D eigenvalue weighted by Gasteiger charge is -2.32. The zero-order valence-electron chi connectivity index (χ0n) is 37.2. The first-order chi connectivity index (χ1) is 26.4. The predicted octanol–water partition coefficient (Wildman–Crippen LogP) is 14.3. The summed E-state index contributed by atoms with van der Waals surface area (Å²) in [6.45, 7) is 35.1. The molecule has 5 heteroatoms. The van der Waals surface area contributed by atoms with Crippen LogP contribution in [-0.4, -0.2) is 16.2 Å². The average molecular weight is 761 g/mol. The summed E-state index contributed by atoms with van der Waals surface area (Å²) >= 11 is 0. The molecule has 0 saturated heterocycles. The molecule has 57 heavy (non-hydrogen) atoms. The van der Waals surface area contributed by atoms with E-state index < -0.39 is 0 Å². The second kappa shape index (κ2) is 13.8. The van der Waals surface area contributed by atoms with E-state index in [4.69, 9.17) is 9.72 Å². The van der Waals surface area contributed by atoms with Crippen LogP contribution in [0, 0.1) is 5.41 Å². The molecule has 0 N–H and O–H groups in total. The Kier molecular flexibility index (Phi) is 9.74. The Balaban J connectivity index is 1.32. The highest BCUT2D eigenvalue weighted by Gasteiger charge is 2.33. The van der Waals surface area contributed by atoms with E-state index in [1.54, 1.807) is 0 Å². The van der Waals surface area contributed by atoms with Crippen molar-refractivity contribution in [2.75, 3.05) is 16.5 Å². The van der Waals surface area contributed by atoms with Gasteiger partial charge in [0.05, 0.1) is 17.7 Å². The molecule has 0 fully saturated rings. The van der Waals surface area contributed by atoms with Gasteiger partial charge in [0.1, 0.15) is 17.3 Å². The Morgan fingerprint density at radius 2 is 1.07 bits per heavy atom. The molecule has 0 atom stereocenters. The molecule has 1 aliphatic heterocycles. The minimum absolute atomic E-state index is 0.000740. The quantitative estimate of drug-likeness (QED) is 0.175. The standard InChI is InChI=1S/C52H64N4O/c1-48(2,3)34-22-23-53-47(29-34)56-44-19-17-16-18-42(44)43-21-20-40(31-45(43)56)57-41-28-37(51(10,11)12)27-39(30-41)55-33-54(32-46(55)52(13,14)15)38-25-35(49(4,5)6)24-36(26-38)50(7,8)9/h16-32H,33H2,1-15H3. The van der Waals surface area contributed by atoms with Crippen molar-refractivity contribution in [2.24, 2.45) is 5.41 Å². The van der Waals surface area contributed by atoms with Crippen molar-refractivity contribution in [3.63, 3.8) is 0 Å². The third-order valence-corrected chi connectivity index (χ3v) is 11.4. The summed E-state index contributed by atoms with van der Waals surface area (Å²) in [7, 11) is 0. The number of hydrogen-bond acceptors (Lipinski definition) is 4. The normalized spacial score (nSPS) is 14.5. The lowest BCUT2D eigenvalue weighted by molar-refractivity contribution is 0.477. The molecule has 4 aromatic carbocycles. The predicted molar refractivity (Wildman–Crippen MR) is 244 cm³/mol. The zero-order chi connectivity index (χ0) is 41.5. The van der Waals surface area contributed by atoms with Crippen molar-refractivity contribution in [3.05, 3.63) is 131 Å². The van der Waals surface area contributed by atoms with E-state index >= 15 is 0 Å². The van der Waals surface area contributed by atoms with Crippen LogP contribution in [0.15, 0.2) is 109 Å². The summed E-state index contributed by atoms with van der Waals surface area (Å²) in [5.74, 6) is 2.52. The van der Waals surface area contributed by atoms with Crippen LogP contribution in [0.3, 0.4) is 0 Å². The third-order valence-electron chi connectivity index (χ3n) is 11.4. The van der Waals surface area contributed by atoms with Gasteiger partial charge >= 0.3 is 0 Å². The average Bonchev–Trinajstić information content (AvgIpc) is 3.71. The van der Waals surface area contributed by atoms with Crippen molar-refractivity contribution >= 4 is 33.2 Å². The van der Waals surface area contributed by atoms with Crippen molar-refractivity contribution in [1.82, 2.24) is 9.55 Å². The Hall–Kier alpha value is -5.03. The van der Waals surface area contributed by atoms with E-state index in [-0.39, 0.29) is 27.1 Å². The van der Waals surface area contributed by atoms with E-state index in [1.807, 2.05) is 6.20 Å². The Labute approximate surface area is 342 Å². The highest BCUT2D eigenvalue weighted by Crippen LogP contribution is 2.43. The van der Waals surface area contributed by atoms with Crippen LogP contribution in [0.25, 0.3) is 27.6 Å². The van der Waals surface area contributed by atoms with E-state index in [2.05, 4.69) is 215 Å². The van der Waals surface area contributed by atoms with Gasteiger partial charge in [0.2, 0.25) is 0 Å². The van der Waals surface area contributed by atoms with E-state index in [0.29, 0.717) is 6.67 Å². The maximum Gasteiger partial charge on any atom is 0.137 e. The van der Waals surface area contributed by atoms with Gasteiger partial charge in [-0.25, -0.2) is 4.98 Å². The van der Waals surface area contributed by atoms with Crippen LogP contribution in [-0.2, 0) is 21.7 Å². The second-order valence-electron chi connectivity index (χ2n) is 21.3. The number of nitrogens with zero attached hydrogens (tertiary/aromatic N) is 4. The fourth-order valence-corrected chi connectivity index (χ4v) is 7.74. The number of anilines is 2. The summed E-state index contributed by atoms with van der Waals surface area (Å²) in [4.78, 5) is 9.82. The van der Waals surface area contributed by atoms with Gasteiger partial charge in [-0.05, 0) is 98.5 Å². The van der Waals surface area contributed by atoms with Gasteiger partial charge < -0.3 is 14.5 Å². The van der Waals surface area contributed by atoms with E-state index in [0.717, 1.165) is 34.0 Å². The van der Waals surface area contributed by atoms with Crippen molar-refractivity contribution < 1.29 is 4.74 Å². The fourth-order valence-electron chi connectivity index (χ4n) is 7.74. The molecule has 0 unspecified atom stereocenters. The molecule has 2 aromatic heterocycles. The summed E-state index contributed by atoms with van der Waals surface area (Å²) in [5.41, 5.74) is 10.9. The fraction of sp³-hybridized carbons (Fsp3) is 0.404. The molecule has 0 spiro atoms. The van der Waals surface area contributed by atoms with Gasteiger partial charge in [0, 0.05) is 57.8 Å². The number of benzene rings is 4. The summed E-state index contributed by atoms with van der Waals surface area (Å²) in [6, 6.07) is 33.4. The maximum atomic E-state index is 6.93. The first kappa shape index (κ1) is 40.2. The summed E-state index contributed by atoms with van der Waals surface area (Å²) in [5, 5.41) is 2.37. The molecule has 0 bridgehead atoms. The molecule has 0 amide bonds. The number of aromatic nitrogens is 2. The van der Waals surface area contributed by atoms with Gasteiger partial charge in [0.25, 0.3) is 0 Å². The minimum atomic E-state index is -0.0984. The molecular weight excluding hydrogens is 697 g/mol. The van der Waals surface area contributed by atoms with Crippen LogP contribution < -0.4 is 14.5 Å². The number of allylic oxidation sites excluding steroid dienone is 1. The van der Waals surface area contributed by atoms with Crippen LogP contribution in [0.2, 0.25) is 0 Å². The number of hydrogen-bond donors (Lipinski definition) is 0. The second-order valence-corrected chi connectivity index (χ2v) is 21.3. The summed E-state index contributed by atoms with van der Waals surface area (Å²) in [6.07, 6.45) is 4.30. The molecule has 6 aromatic rings. The number of ether oxygens (including phenoxy) is 1. The highest BCUT2D eigenvalue weighted by molar-refractivity contribution is 6.09. The SMILES string of the molecule is CC(C)(C)C1=CN(c2cc(C(C)(C)C)cc(C(C)(C)C)c2)CN1c1cc(Oc2ccc3c4ccccc4n(-c4cc(C(C)(C)C)ccn4)c3c2)cc(C(C)(C)C)c1. The Bertz CT molecular complexity index is 2470. The third kappa shape index (κ3) is 8.08. The van der Waals surface area contributed by atoms with Gasteiger partial charge in [-0.15, -0.1) is 0 Å². The monoisotopic (exact) mass is 761 g/mol. The molecule has 0 aliphatic carbocycles. The van der Waals surface area contributed by atoms with Crippen molar-refractivity contribution in [2.45, 2.75) is 126 Å². The highest BCUT2D eigenvalue weighted by atomic mass is 16.5. The van der Waals surface area contributed by atoms with Crippen LogP contribution in [0.5, 0.6) is 11.5 Å². The molecule has 3 heterocycles. The van der Waals surface area contributed by atoms with Gasteiger partial charge in [-0.1, -0.05) is 128 Å². The van der Waals surface area contributed by atoms with Gasteiger partial charge in [-0.2, -0.15) is 0 Å². The number of pyridine rings is 1. The van der Waals surface area contributed by atoms with E-state index in [1.165, 1.54) is 44.4 Å². The maximum absolute atomic E-state index is 6.93.